The second-order valence-corrected chi connectivity index (χ2v) is 6.92. The molecule has 3 atom stereocenters. The van der Waals surface area contributed by atoms with Crippen LogP contribution in [0.2, 0.25) is 0 Å². The summed E-state index contributed by atoms with van der Waals surface area (Å²) in [5, 5.41) is 0. The third-order valence-corrected chi connectivity index (χ3v) is 5.39. The summed E-state index contributed by atoms with van der Waals surface area (Å²) in [6.07, 6.45) is 10.1. The van der Waals surface area contributed by atoms with Crippen molar-refractivity contribution in [3.05, 3.63) is 54.2 Å². The highest BCUT2D eigenvalue weighted by atomic mass is 16.3. The van der Waals surface area contributed by atoms with E-state index in [4.69, 9.17) is 4.42 Å². The molecule has 0 N–H and O–H groups in total. The van der Waals surface area contributed by atoms with Crippen LogP contribution in [-0.2, 0) is 17.9 Å². The minimum Gasteiger partial charge on any atom is -0.467 e. The molecular weight excluding hydrogens is 288 g/mol. The predicted molar refractivity (Wildman–Crippen MR) is 86.1 cm³/mol. The van der Waals surface area contributed by atoms with Crippen LogP contribution in [0.5, 0.6) is 0 Å². The first-order chi connectivity index (χ1) is 11.3. The van der Waals surface area contributed by atoms with Gasteiger partial charge in [0.25, 0.3) is 0 Å². The molecule has 1 amide bonds. The van der Waals surface area contributed by atoms with E-state index in [9.17, 15) is 4.79 Å². The fourth-order valence-corrected chi connectivity index (χ4v) is 4.30. The van der Waals surface area contributed by atoms with Gasteiger partial charge in [-0.2, -0.15) is 0 Å². The van der Waals surface area contributed by atoms with Crippen molar-refractivity contribution in [2.75, 3.05) is 0 Å². The van der Waals surface area contributed by atoms with Crippen LogP contribution in [0.15, 0.2) is 47.3 Å². The van der Waals surface area contributed by atoms with Gasteiger partial charge in [0.05, 0.1) is 12.8 Å². The number of carbonyl (C=O) groups is 1. The zero-order valence-corrected chi connectivity index (χ0v) is 13.2. The standard InChI is InChI=1S/C19H22N2O2/c22-19(18-10-14-5-6-16(18)9-14)21(13-17-4-2-8-23-17)12-15-3-1-7-20-11-15/h1-4,7-8,11,14,16,18H,5-6,9-10,12-13H2. The Kier molecular flexibility index (Phi) is 3.90. The summed E-state index contributed by atoms with van der Waals surface area (Å²) in [5.41, 5.74) is 1.07. The zero-order valence-electron chi connectivity index (χ0n) is 13.2. The fraction of sp³-hybridized carbons (Fsp3) is 0.474. The van der Waals surface area contributed by atoms with Gasteiger partial charge in [-0.05, 0) is 54.9 Å². The third kappa shape index (κ3) is 3.03. The lowest BCUT2D eigenvalue weighted by atomic mass is 9.87. The SMILES string of the molecule is O=C(C1CC2CCC1C2)N(Cc1cccnc1)Cc1ccco1. The quantitative estimate of drug-likeness (QED) is 0.847. The van der Waals surface area contributed by atoms with Crippen molar-refractivity contribution >= 4 is 5.91 Å². The molecule has 0 spiro atoms. The van der Waals surface area contributed by atoms with E-state index in [0.29, 0.717) is 19.0 Å². The van der Waals surface area contributed by atoms with Gasteiger partial charge in [0, 0.05) is 24.9 Å². The number of aromatic nitrogens is 1. The Morgan fingerprint density at radius 3 is 2.83 bits per heavy atom. The Bertz CT molecular complexity index is 653. The van der Waals surface area contributed by atoms with Gasteiger partial charge in [0.2, 0.25) is 5.91 Å². The summed E-state index contributed by atoms with van der Waals surface area (Å²) in [6, 6.07) is 7.75. The molecule has 2 saturated carbocycles. The molecule has 0 saturated heterocycles. The number of rotatable bonds is 5. The average molecular weight is 310 g/mol. The molecular formula is C19H22N2O2. The number of hydrogen-bond acceptors (Lipinski definition) is 3. The highest BCUT2D eigenvalue weighted by Gasteiger charge is 2.44. The van der Waals surface area contributed by atoms with Crippen LogP contribution in [0, 0.1) is 17.8 Å². The average Bonchev–Trinajstić information content (AvgIpc) is 3.32. The maximum Gasteiger partial charge on any atom is 0.226 e. The topological polar surface area (TPSA) is 46.3 Å². The lowest BCUT2D eigenvalue weighted by Gasteiger charge is -2.29. The molecule has 2 aromatic rings. The molecule has 4 heteroatoms. The normalized spacial score (nSPS) is 25.7. The van der Waals surface area contributed by atoms with Crippen LogP contribution in [0.3, 0.4) is 0 Å². The molecule has 4 nitrogen and oxygen atoms in total. The van der Waals surface area contributed by atoms with E-state index < -0.39 is 0 Å². The van der Waals surface area contributed by atoms with Gasteiger partial charge in [-0.25, -0.2) is 0 Å². The maximum absolute atomic E-state index is 13.1. The van der Waals surface area contributed by atoms with E-state index in [1.807, 2.05) is 35.4 Å². The summed E-state index contributed by atoms with van der Waals surface area (Å²) in [4.78, 5) is 19.2. The minimum atomic E-state index is 0.209. The molecule has 2 bridgehead atoms. The van der Waals surface area contributed by atoms with E-state index in [0.717, 1.165) is 23.7 Å². The number of carbonyl (C=O) groups excluding carboxylic acids is 1. The van der Waals surface area contributed by atoms with Crippen LogP contribution < -0.4 is 0 Å². The monoisotopic (exact) mass is 310 g/mol. The Balaban J connectivity index is 1.53. The molecule has 3 unspecified atom stereocenters. The fourth-order valence-electron chi connectivity index (χ4n) is 4.30. The van der Waals surface area contributed by atoms with Gasteiger partial charge < -0.3 is 9.32 Å². The Labute approximate surface area is 136 Å². The van der Waals surface area contributed by atoms with Crippen molar-refractivity contribution < 1.29 is 9.21 Å². The number of furan rings is 1. The van der Waals surface area contributed by atoms with E-state index in [1.54, 1.807) is 12.5 Å². The number of nitrogens with zero attached hydrogens (tertiary/aromatic N) is 2. The van der Waals surface area contributed by atoms with Crippen LogP contribution in [-0.4, -0.2) is 15.8 Å². The number of amides is 1. The third-order valence-electron chi connectivity index (χ3n) is 5.39. The van der Waals surface area contributed by atoms with Crippen molar-refractivity contribution in [2.24, 2.45) is 17.8 Å². The van der Waals surface area contributed by atoms with Gasteiger partial charge in [0.15, 0.2) is 0 Å². The first-order valence-corrected chi connectivity index (χ1v) is 8.49. The van der Waals surface area contributed by atoms with Gasteiger partial charge in [-0.15, -0.1) is 0 Å². The highest BCUT2D eigenvalue weighted by Crippen LogP contribution is 2.49. The molecule has 2 heterocycles. The maximum atomic E-state index is 13.1. The summed E-state index contributed by atoms with van der Waals surface area (Å²) < 4.78 is 5.47. The first kappa shape index (κ1) is 14.5. The van der Waals surface area contributed by atoms with E-state index in [-0.39, 0.29) is 11.8 Å². The van der Waals surface area contributed by atoms with Crippen molar-refractivity contribution in [3.8, 4) is 0 Å². The lowest BCUT2D eigenvalue weighted by Crippen LogP contribution is -2.37. The van der Waals surface area contributed by atoms with Gasteiger partial charge in [-0.1, -0.05) is 12.5 Å². The van der Waals surface area contributed by atoms with Crippen LogP contribution in [0.1, 0.15) is 37.0 Å². The smallest absolute Gasteiger partial charge is 0.226 e. The van der Waals surface area contributed by atoms with Gasteiger partial charge >= 0.3 is 0 Å². The Morgan fingerprint density at radius 2 is 2.17 bits per heavy atom. The number of hydrogen-bond donors (Lipinski definition) is 0. The van der Waals surface area contributed by atoms with Crippen molar-refractivity contribution in [1.82, 2.24) is 9.88 Å². The van der Waals surface area contributed by atoms with Crippen molar-refractivity contribution in [1.29, 1.82) is 0 Å². The molecule has 2 aliphatic rings. The summed E-state index contributed by atoms with van der Waals surface area (Å²) >= 11 is 0. The zero-order chi connectivity index (χ0) is 15.6. The van der Waals surface area contributed by atoms with E-state index in [2.05, 4.69) is 4.98 Å². The van der Waals surface area contributed by atoms with Crippen molar-refractivity contribution in [2.45, 2.75) is 38.8 Å². The molecule has 2 aromatic heterocycles. The summed E-state index contributed by atoms with van der Waals surface area (Å²) in [6.45, 7) is 1.13. The molecule has 23 heavy (non-hydrogen) atoms. The minimum absolute atomic E-state index is 0.209. The van der Waals surface area contributed by atoms with Crippen LogP contribution in [0.25, 0.3) is 0 Å². The molecule has 0 radical (unpaired) electrons. The lowest BCUT2D eigenvalue weighted by molar-refractivity contribution is -0.138. The van der Waals surface area contributed by atoms with E-state index in [1.165, 1.54) is 19.3 Å². The van der Waals surface area contributed by atoms with Crippen LogP contribution in [0.4, 0.5) is 0 Å². The van der Waals surface area contributed by atoms with Crippen LogP contribution >= 0.6 is 0 Å². The number of pyridine rings is 1. The van der Waals surface area contributed by atoms with Crippen molar-refractivity contribution in [3.63, 3.8) is 0 Å². The van der Waals surface area contributed by atoms with Gasteiger partial charge in [-0.3, -0.25) is 9.78 Å². The predicted octanol–water partition coefficient (Wildman–Crippen LogP) is 3.64. The summed E-state index contributed by atoms with van der Waals surface area (Å²) in [5.74, 6) is 2.71. The van der Waals surface area contributed by atoms with Gasteiger partial charge in [0.1, 0.15) is 5.76 Å². The molecule has 0 aromatic carbocycles. The largest absolute Gasteiger partial charge is 0.467 e. The number of fused-ring (bicyclic) bond motifs is 2. The highest BCUT2D eigenvalue weighted by molar-refractivity contribution is 5.79. The molecule has 0 aliphatic heterocycles. The van der Waals surface area contributed by atoms with E-state index >= 15 is 0 Å². The Hall–Kier alpha value is -2.10. The summed E-state index contributed by atoms with van der Waals surface area (Å²) in [7, 11) is 0. The molecule has 2 fully saturated rings. The molecule has 2 aliphatic carbocycles. The second kappa shape index (κ2) is 6.19. The molecule has 4 rings (SSSR count). The Morgan fingerprint density at radius 1 is 1.22 bits per heavy atom. The molecule has 120 valence electrons. The first-order valence-electron chi connectivity index (χ1n) is 8.49. The second-order valence-electron chi connectivity index (χ2n) is 6.92.